The van der Waals surface area contributed by atoms with Crippen LogP contribution in [0.4, 0.5) is 17.1 Å². The lowest BCUT2D eigenvalue weighted by molar-refractivity contribution is 0.0299. The number of rotatable bonds is 4. The normalized spacial score (nSPS) is 18.2. The number of nitrogens with zero attached hydrogens (tertiary/aromatic N) is 3. The molecule has 6 nitrogen and oxygen atoms in total. The quantitative estimate of drug-likeness (QED) is 0.879. The van der Waals surface area contributed by atoms with Crippen molar-refractivity contribution in [3.05, 3.63) is 48.3 Å². The van der Waals surface area contributed by atoms with E-state index in [1.54, 1.807) is 11.1 Å². The molecule has 2 aliphatic heterocycles. The smallest absolute Gasteiger partial charge is 0.272 e. The summed E-state index contributed by atoms with van der Waals surface area (Å²) in [5.41, 5.74) is 3.61. The molecule has 2 aliphatic rings. The molecule has 0 aliphatic carbocycles. The van der Waals surface area contributed by atoms with Gasteiger partial charge in [-0.2, -0.15) is 0 Å². The summed E-state index contributed by atoms with van der Waals surface area (Å²) in [7, 11) is 0. The second-order valence-corrected chi connectivity index (χ2v) is 7.68. The zero-order valence-corrected chi connectivity index (χ0v) is 16.4. The van der Waals surface area contributed by atoms with Crippen LogP contribution in [0, 0.1) is 5.92 Å². The second kappa shape index (κ2) is 8.61. The molecule has 6 heteroatoms. The van der Waals surface area contributed by atoms with Gasteiger partial charge in [0.25, 0.3) is 5.91 Å². The van der Waals surface area contributed by atoms with Crippen molar-refractivity contribution in [2.24, 2.45) is 5.92 Å². The monoisotopic (exact) mass is 380 g/mol. The molecule has 2 saturated heterocycles. The van der Waals surface area contributed by atoms with Crippen molar-refractivity contribution in [3.63, 3.8) is 0 Å². The highest BCUT2D eigenvalue weighted by Crippen LogP contribution is 2.25. The van der Waals surface area contributed by atoms with Crippen LogP contribution in [0.3, 0.4) is 0 Å². The summed E-state index contributed by atoms with van der Waals surface area (Å²) < 4.78 is 5.32. The number of carbonyl (C=O) groups excluding carboxylic acids is 1. The Labute approximate surface area is 166 Å². The van der Waals surface area contributed by atoms with Gasteiger partial charge in [-0.25, -0.2) is 0 Å². The van der Waals surface area contributed by atoms with Gasteiger partial charge in [-0.05, 0) is 55.2 Å². The maximum Gasteiger partial charge on any atom is 0.272 e. The lowest BCUT2D eigenvalue weighted by Gasteiger charge is -2.32. The highest BCUT2D eigenvalue weighted by Gasteiger charge is 2.20. The van der Waals surface area contributed by atoms with Crippen LogP contribution in [0.2, 0.25) is 0 Å². The first-order valence-corrected chi connectivity index (χ1v) is 10.1. The van der Waals surface area contributed by atoms with Crippen LogP contribution < -0.4 is 10.2 Å². The van der Waals surface area contributed by atoms with Crippen molar-refractivity contribution in [2.45, 2.75) is 19.8 Å². The fourth-order valence-electron chi connectivity index (χ4n) is 3.74. The van der Waals surface area contributed by atoms with E-state index in [1.807, 2.05) is 12.1 Å². The number of hydrogen-bond donors (Lipinski definition) is 1. The minimum atomic E-state index is -0.0402. The highest BCUT2D eigenvalue weighted by atomic mass is 16.5. The summed E-state index contributed by atoms with van der Waals surface area (Å²) >= 11 is 0. The minimum absolute atomic E-state index is 0.0402. The van der Waals surface area contributed by atoms with Crippen LogP contribution in [0.15, 0.2) is 42.6 Å². The van der Waals surface area contributed by atoms with E-state index in [2.05, 4.69) is 46.4 Å². The van der Waals surface area contributed by atoms with Gasteiger partial charge in [0.1, 0.15) is 5.69 Å². The van der Waals surface area contributed by atoms with Crippen LogP contribution in [0.5, 0.6) is 0 Å². The van der Waals surface area contributed by atoms with Crippen LogP contribution in [0.25, 0.3) is 0 Å². The number of nitrogens with one attached hydrogen (secondary N) is 1. The zero-order chi connectivity index (χ0) is 19.3. The molecule has 1 aromatic carbocycles. The molecule has 2 aromatic rings. The topological polar surface area (TPSA) is 57.7 Å². The van der Waals surface area contributed by atoms with E-state index < -0.39 is 0 Å². The van der Waals surface area contributed by atoms with E-state index in [4.69, 9.17) is 4.74 Å². The minimum Gasteiger partial charge on any atom is -0.378 e. The Hall–Kier alpha value is -2.60. The number of pyridine rings is 1. The van der Waals surface area contributed by atoms with E-state index in [0.717, 1.165) is 30.4 Å². The first-order valence-electron chi connectivity index (χ1n) is 10.1. The molecular weight excluding hydrogens is 352 g/mol. The molecule has 28 heavy (non-hydrogen) atoms. The van der Waals surface area contributed by atoms with Crippen molar-refractivity contribution in [2.75, 3.05) is 49.6 Å². The van der Waals surface area contributed by atoms with E-state index in [-0.39, 0.29) is 5.91 Å². The summed E-state index contributed by atoms with van der Waals surface area (Å²) in [6, 6.07) is 12.2. The molecule has 0 bridgehead atoms. The lowest BCUT2D eigenvalue weighted by atomic mass is 9.99. The number of amides is 1. The van der Waals surface area contributed by atoms with Crippen molar-refractivity contribution < 1.29 is 9.53 Å². The first-order chi connectivity index (χ1) is 13.7. The van der Waals surface area contributed by atoms with Crippen LogP contribution >= 0.6 is 0 Å². The van der Waals surface area contributed by atoms with Crippen molar-refractivity contribution in [3.8, 4) is 0 Å². The van der Waals surface area contributed by atoms with Gasteiger partial charge in [-0.1, -0.05) is 6.92 Å². The Kier molecular flexibility index (Phi) is 5.76. The number of anilines is 3. The van der Waals surface area contributed by atoms with Crippen molar-refractivity contribution >= 4 is 23.0 Å². The molecule has 0 radical (unpaired) electrons. The van der Waals surface area contributed by atoms with Gasteiger partial charge >= 0.3 is 0 Å². The molecule has 1 N–H and O–H groups in total. The van der Waals surface area contributed by atoms with Crippen molar-refractivity contribution in [1.29, 1.82) is 0 Å². The summed E-state index contributed by atoms with van der Waals surface area (Å²) in [5, 5.41) is 3.39. The number of ether oxygens (including phenoxy) is 1. The van der Waals surface area contributed by atoms with Gasteiger partial charge in [0.15, 0.2) is 0 Å². The third-order valence-electron chi connectivity index (χ3n) is 5.58. The Morgan fingerprint density at radius 3 is 2.46 bits per heavy atom. The summed E-state index contributed by atoms with van der Waals surface area (Å²) in [4.78, 5) is 21.1. The van der Waals surface area contributed by atoms with Gasteiger partial charge < -0.3 is 19.9 Å². The molecule has 1 aromatic heterocycles. The molecule has 2 fully saturated rings. The van der Waals surface area contributed by atoms with E-state index in [1.165, 1.54) is 18.5 Å². The molecule has 0 saturated carbocycles. The Morgan fingerprint density at radius 1 is 1.04 bits per heavy atom. The van der Waals surface area contributed by atoms with Gasteiger partial charge in [0, 0.05) is 49.4 Å². The number of piperidine rings is 1. The fraction of sp³-hybridized carbons (Fsp3) is 0.455. The fourth-order valence-corrected chi connectivity index (χ4v) is 3.74. The van der Waals surface area contributed by atoms with Gasteiger partial charge in [-0.3, -0.25) is 9.78 Å². The lowest BCUT2D eigenvalue weighted by Crippen LogP contribution is -2.41. The van der Waals surface area contributed by atoms with Crippen LogP contribution in [-0.4, -0.2) is 55.2 Å². The molecule has 148 valence electrons. The maximum atomic E-state index is 12.6. The average molecular weight is 380 g/mol. The molecule has 0 unspecified atom stereocenters. The molecule has 4 rings (SSSR count). The van der Waals surface area contributed by atoms with Crippen LogP contribution in [0.1, 0.15) is 30.3 Å². The second-order valence-electron chi connectivity index (χ2n) is 7.68. The summed E-state index contributed by atoms with van der Waals surface area (Å²) in [6.07, 6.45) is 4.20. The maximum absolute atomic E-state index is 12.6. The standard InChI is InChI=1S/C22H28N4O2/c1-17-7-10-25(11-8-17)20-4-2-18(3-5-20)24-19-6-9-23-21(16-19)22(27)26-12-14-28-15-13-26/h2-6,9,16-17H,7-8,10-15H2,1H3,(H,23,24). The van der Waals surface area contributed by atoms with E-state index in [0.29, 0.717) is 32.0 Å². The third-order valence-corrected chi connectivity index (χ3v) is 5.58. The Bertz CT molecular complexity index is 794. The molecule has 1 amide bonds. The number of benzene rings is 1. The molecule has 3 heterocycles. The number of carbonyl (C=O) groups is 1. The molecule has 0 atom stereocenters. The predicted molar refractivity (Wildman–Crippen MR) is 111 cm³/mol. The number of hydrogen-bond acceptors (Lipinski definition) is 5. The van der Waals surface area contributed by atoms with Gasteiger partial charge in [-0.15, -0.1) is 0 Å². The third kappa shape index (κ3) is 4.44. The predicted octanol–water partition coefficient (Wildman–Crippen LogP) is 3.53. The van der Waals surface area contributed by atoms with E-state index in [9.17, 15) is 4.79 Å². The van der Waals surface area contributed by atoms with E-state index >= 15 is 0 Å². The zero-order valence-electron chi connectivity index (χ0n) is 16.4. The molecule has 0 spiro atoms. The number of aromatic nitrogens is 1. The van der Waals surface area contributed by atoms with Gasteiger partial charge in [0.2, 0.25) is 0 Å². The SMILES string of the molecule is CC1CCN(c2ccc(Nc3ccnc(C(=O)N4CCOCC4)c3)cc2)CC1. The Balaban J connectivity index is 1.40. The molecular formula is C22H28N4O2. The number of morpholine rings is 1. The largest absolute Gasteiger partial charge is 0.378 e. The van der Waals surface area contributed by atoms with Crippen LogP contribution in [-0.2, 0) is 4.74 Å². The average Bonchev–Trinajstić information content (AvgIpc) is 2.75. The Morgan fingerprint density at radius 2 is 1.75 bits per heavy atom. The summed E-state index contributed by atoms with van der Waals surface area (Å²) in [5.74, 6) is 0.792. The first kappa shape index (κ1) is 18.7. The summed E-state index contributed by atoms with van der Waals surface area (Å²) in [6.45, 7) is 7.01. The van der Waals surface area contributed by atoms with Gasteiger partial charge in [0.05, 0.1) is 13.2 Å². The van der Waals surface area contributed by atoms with Crippen molar-refractivity contribution in [1.82, 2.24) is 9.88 Å². The highest BCUT2D eigenvalue weighted by molar-refractivity contribution is 5.93.